The van der Waals surface area contributed by atoms with Gasteiger partial charge in [-0.25, -0.2) is 4.18 Å². The van der Waals surface area contributed by atoms with Gasteiger partial charge in [-0.15, -0.1) is 6.42 Å². The van der Waals surface area contributed by atoms with Crippen LogP contribution in [0.5, 0.6) is 0 Å². The van der Waals surface area contributed by atoms with Gasteiger partial charge in [-0.3, -0.25) is 5.32 Å². The Morgan fingerprint density at radius 3 is 2.89 bits per heavy atom. The zero-order valence-electron chi connectivity index (χ0n) is 10.1. The molecule has 96 valence electrons. The summed E-state index contributed by atoms with van der Waals surface area (Å²) in [5.41, 5.74) is 0.924. The number of aryl methyl sites for hydroxylation is 1. The first-order chi connectivity index (χ1) is 8.47. The molecule has 0 heterocycles. The van der Waals surface area contributed by atoms with Crippen molar-refractivity contribution < 1.29 is 12.6 Å². The smallest absolute Gasteiger partial charge is 0.266 e. The summed E-state index contributed by atoms with van der Waals surface area (Å²) in [6.07, 6.45) is 7.60. The minimum atomic E-state index is -3.57. The maximum absolute atomic E-state index is 11.5. The Bertz CT molecular complexity index is 588. The van der Waals surface area contributed by atoms with Crippen LogP contribution in [0.4, 0.5) is 0 Å². The fourth-order valence-corrected chi connectivity index (χ4v) is 3.08. The van der Waals surface area contributed by atoms with Crippen molar-refractivity contribution in [2.45, 2.75) is 18.6 Å². The van der Waals surface area contributed by atoms with E-state index >= 15 is 0 Å². The van der Waals surface area contributed by atoms with E-state index in [-0.39, 0.29) is 6.54 Å². The van der Waals surface area contributed by atoms with Gasteiger partial charge in [-0.05, 0) is 18.4 Å². The van der Waals surface area contributed by atoms with E-state index in [1.54, 1.807) is 0 Å². The van der Waals surface area contributed by atoms with Crippen LogP contribution in [0.25, 0.3) is 0 Å². The number of fused-ring (bicyclic) bond motifs is 1. The maximum atomic E-state index is 11.5. The van der Waals surface area contributed by atoms with Crippen molar-refractivity contribution in [2.24, 2.45) is 0 Å². The molecule has 1 aromatic carbocycles. The first kappa shape index (κ1) is 13.1. The number of benzene rings is 1. The van der Waals surface area contributed by atoms with Crippen LogP contribution in [0.1, 0.15) is 17.5 Å². The van der Waals surface area contributed by atoms with Gasteiger partial charge >= 0.3 is 0 Å². The maximum Gasteiger partial charge on any atom is 0.266 e. The Morgan fingerprint density at radius 2 is 2.22 bits per heavy atom. The van der Waals surface area contributed by atoms with E-state index in [4.69, 9.17) is 10.6 Å². The van der Waals surface area contributed by atoms with E-state index < -0.39 is 15.8 Å². The number of hydrogen-bond acceptors (Lipinski definition) is 4. The summed E-state index contributed by atoms with van der Waals surface area (Å²) >= 11 is 0. The first-order valence-electron chi connectivity index (χ1n) is 5.64. The third-order valence-electron chi connectivity index (χ3n) is 2.97. The average Bonchev–Trinajstić information content (AvgIpc) is 2.65. The van der Waals surface area contributed by atoms with Crippen molar-refractivity contribution in [3.63, 3.8) is 0 Å². The lowest BCUT2D eigenvalue weighted by Gasteiger charge is -2.29. The Labute approximate surface area is 107 Å². The van der Waals surface area contributed by atoms with Crippen molar-refractivity contribution >= 4 is 10.1 Å². The van der Waals surface area contributed by atoms with Gasteiger partial charge in [-0.2, -0.15) is 8.42 Å². The van der Waals surface area contributed by atoms with Crippen LogP contribution < -0.4 is 5.32 Å². The Morgan fingerprint density at radius 1 is 1.50 bits per heavy atom. The fraction of sp³-hybridized carbons (Fsp3) is 0.385. The number of rotatable bonds is 4. The molecule has 5 heteroatoms. The lowest BCUT2D eigenvalue weighted by atomic mass is 10.1. The molecule has 2 rings (SSSR count). The molecule has 0 bridgehead atoms. The number of nitrogens with one attached hydrogen (secondary N) is 1. The molecule has 1 unspecified atom stereocenters. The minimum Gasteiger partial charge on any atom is -0.273 e. The molecule has 1 aliphatic carbocycles. The predicted octanol–water partition coefficient (Wildman–Crippen LogP) is 0.985. The number of hydrogen-bond donors (Lipinski definition) is 1. The van der Waals surface area contributed by atoms with Gasteiger partial charge in [0, 0.05) is 5.56 Å². The van der Waals surface area contributed by atoms with Crippen molar-refractivity contribution in [1.82, 2.24) is 5.32 Å². The standard InChI is InChI=1S/C13H15NO3S/c1-3-10-14-13(17-18(2,15)16)9-8-11-6-4-5-7-12(11)13/h1,4-7,14H,8-10H2,2H3. The molecule has 0 aliphatic heterocycles. The van der Waals surface area contributed by atoms with Crippen LogP contribution in [-0.4, -0.2) is 21.2 Å². The second-order valence-electron chi connectivity index (χ2n) is 4.33. The molecule has 1 aromatic rings. The molecular formula is C13H15NO3S. The molecule has 0 spiro atoms. The van der Waals surface area contributed by atoms with E-state index in [1.807, 2.05) is 24.3 Å². The van der Waals surface area contributed by atoms with E-state index in [2.05, 4.69) is 11.2 Å². The van der Waals surface area contributed by atoms with Crippen molar-refractivity contribution in [3.05, 3.63) is 35.4 Å². The zero-order valence-corrected chi connectivity index (χ0v) is 11.0. The highest BCUT2D eigenvalue weighted by atomic mass is 32.2. The highest BCUT2D eigenvalue weighted by Crippen LogP contribution is 2.38. The van der Waals surface area contributed by atoms with Crippen LogP contribution >= 0.6 is 0 Å². The molecule has 4 nitrogen and oxygen atoms in total. The van der Waals surface area contributed by atoms with Gasteiger partial charge < -0.3 is 0 Å². The highest BCUT2D eigenvalue weighted by Gasteiger charge is 2.42. The molecule has 0 amide bonds. The molecule has 1 atom stereocenters. The van der Waals surface area contributed by atoms with Gasteiger partial charge in [0.15, 0.2) is 5.72 Å². The Kier molecular flexibility index (Phi) is 3.44. The third kappa shape index (κ3) is 2.56. The van der Waals surface area contributed by atoms with Crippen LogP contribution in [-0.2, 0) is 26.4 Å². The van der Waals surface area contributed by atoms with Gasteiger partial charge in [0.1, 0.15) is 0 Å². The number of terminal acetylenes is 1. The molecule has 0 aromatic heterocycles. The first-order valence-corrected chi connectivity index (χ1v) is 7.46. The van der Waals surface area contributed by atoms with Crippen molar-refractivity contribution in [1.29, 1.82) is 0 Å². The van der Waals surface area contributed by atoms with E-state index in [1.165, 1.54) is 0 Å². The lowest BCUT2D eigenvalue weighted by Crippen LogP contribution is -2.44. The Hall–Kier alpha value is -1.35. The molecule has 0 saturated carbocycles. The van der Waals surface area contributed by atoms with Crippen LogP contribution in [0.15, 0.2) is 24.3 Å². The molecule has 1 N–H and O–H groups in total. The lowest BCUT2D eigenvalue weighted by molar-refractivity contribution is 0.0436. The molecule has 0 saturated heterocycles. The van der Waals surface area contributed by atoms with Gasteiger partial charge in [0.2, 0.25) is 0 Å². The van der Waals surface area contributed by atoms with Gasteiger partial charge in [0.25, 0.3) is 10.1 Å². The summed E-state index contributed by atoms with van der Waals surface area (Å²) in [4.78, 5) is 0. The molecule has 1 aliphatic rings. The molecule has 0 radical (unpaired) electrons. The van der Waals surface area contributed by atoms with Crippen molar-refractivity contribution in [3.8, 4) is 12.3 Å². The monoisotopic (exact) mass is 265 g/mol. The van der Waals surface area contributed by atoms with Crippen LogP contribution in [0.3, 0.4) is 0 Å². The average molecular weight is 265 g/mol. The van der Waals surface area contributed by atoms with Gasteiger partial charge in [-0.1, -0.05) is 30.2 Å². The summed E-state index contributed by atoms with van der Waals surface area (Å²) in [5.74, 6) is 2.45. The second kappa shape index (κ2) is 4.73. The van der Waals surface area contributed by atoms with Crippen molar-refractivity contribution in [2.75, 3.05) is 12.8 Å². The predicted molar refractivity (Wildman–Crippen MR) is 69.2 cm³/mol. The SMILES string of the molecule is C#CCNC1(OS(C)(=O)=O)CCc2ccccc21. The van der Waals surface area contributed by atoms with E-state index in [0.29, 0.717) is 6.42 Å². The summed E-state index contributed by atoms with van der Waals surface area (Å²) in [6.45, 7) is 0.254. The normalized spacial score (nSPS) is 22.4. The van der Waals surface area contributed by atoms with Gasteiger partial charge in [0.05, 0.1) is 12.8 Å². The largest absolute Gasteiger partial charge is 0.273 e. The quantitative estimate of drug-likeness (QED) is 0.501. The van der Waals surface area contributed by atoms with Crippen LogP contribution in [0.2, 0.25) is 0 Å². The summed E-state index contributed by atoms with van der Waals surface area (Å²) in [7, 11) is -3.57. The van der Waals surface area contributed by atoms with E-state index in [0.717, 1.165) is 23.8 Å². The topological polar surface area (TPSA) is 55.4 Å². The molecular weight excluding hydrogens is 250 g/mol. The van der Waals surface area contributed by atoms with E-state index in [9.17, 15) is 8.42 Å². The molecule has 18 heavy (non-hydrogen) atoms. The summed E-state index contributed by atoms with van der Waals surface area (Å²) in [5, 5.41) is 3.02. The second-order valence-corrected chi connectivity index (χ2v) is 5.90. The third-order valence-corrected chi connectivity index (χ3v) is 3.56. The highest BCUT2D eigenvalue weighted by molar-refractivity contribution is 7.86. The summed E-state index contributed by atoms with van der Waals surface area (Å²) < 4.78 is 28.2. The fourth-order valence-electron chi connectivity index (χ4n) is 2.33. The summed E-state index contributed by atoms with van der Waals surface area (Å²) in [6, 6.07) is 7.63. The Balaban J connectivity index is 2.42. The zero-order chi connectivity index (χ0) is 13.2. The minimum absolute atomic E-state index is 0.254. The molecule has 0 fully saturated rings. The van der Waals surface area contributed by atoms with Crippen LogP contribution in [0, 0.1) is 12.3 Å².